The number of thioether (sulfide) groups is 1. The number of ether oxygens (including phenoxy) is 1. The van der Waals surface area contributed by atoms with Crippen LogP contribution in [0.15, 0.2) is 47.9 Å². The van der Waals surface area contributed by atoms with Gasteiger partial charge >= 0.3 is 0 Å². The van der Waals surface area contributed by atoms with Crippen LogP contribution in [-0.2, 0) is 4.79 Å². The number of rotatable bonds is 8. The van der Waals surface area contributed by atoms with Gasteiger partial charge in [-0.2, -0.15) is 0 Å². The molecule has 0 spiro atoms. The number of hydrogen-bond donors (Lipinski definition) is 1. The topological polar surface area (TPSA) is 64.1 Å². The van der Waals surface area contributed by atoms with Crippen molar-refractivity contribution in [1.82, 2.24) is 15.3 Å². The maximum absolute atomic E-state index is 12.0. The number of hydrogen-bond acceptors (Lipinski definition) is 5. The SMILES string of the molecule is Cc1ccc(OCCCNC(=O)C(C)Sc2ncccn2)cc1. The first-order valence-electron chi connectivity index (χ1n) is 7.56. The quantitative estimate of drug-likeness (QED) is 0.458. The second-order valence-electron chi connectivity index (χ2n) is 5.10. The summed E-state index contributed by atoms with van der Waals surface area (Å²) >= 11 is 1.35. The van der Waals surface area contributed by atoms with E-state index in [-0.39, 0.29) is 11.2 Å². The molecule has 1 unspecified atom stereocenters. The van der Waals surface area contributed by atoms with Gasteiger partial charge in [0.25, 0.3) is 0 Å². The van der Waals surface area contributed by atoms with E-state index in [0.29, 0.717) is 18.3 Å². The van der Waals surface area contributed by atoms with E-state index in [1.807, 2.05) is 38.1 Å². The van der Waals surface area contributed by atoms with Crippen molar-refractivity contribution in [3.05, 3.63) is 48.3 Å². The van der Waals surface area contributed by atoms with E-state index in [1.165, 1.54) is 17.3 Å². The molecule has 6 heteroatoms. The summed E-state index contributed by atoms with van der Waals surface area (Å²) in [4.78, 5) is 20.2. The van der Waals surface area contributed by atoms with Crippen LogP contribution in [0.5, 0.6) is 5.75 Å². The minimum atomic E-state index is -0.226. The third-order valence-corrected chi connectivity index (χ3v) is 4.09. The Labute approximate surface area is 140 Å². The summed E-state index contributed by atoms with van der Waals surface area (Å²) in [5.41, 5.74) is 1.21. The van der Waals surface area contributed by atoms with E-state index >= 15 is 0 Å². The van der Waals surface area contributed by atoms with Crippen LogP contribution >= 0.6 is 11.8 Å². The zero-order valence-electron chi connectivity index (χ0n) is 13.4. The molecule has 1 N–H and O–H groups in total. The van der Waals surface area contributed by atoms with Crippen LogP contribution in [0.3, 0.4) is 0 Å². The van der Waals surface area contributed by atoms with Gasteiger partial charge in [-0.3, -0.25) is 4.79 Å². The number of nitrogens with one attached hydrogen (secondary N) is 1. The van der Waals surface area contributed by atoms with E-state index in [4.69, 9.17) is 4.74 Å². The molecular weight excluding hydrogens is 310 g/mol. The average Bonchev–Trinajstić information content (AvgIpc) is 2.57. The van der Waals surface area contributed by atoms with E-state index in [9.17, 15) is 4.79 Å². The lowest BCUT2D eigenvalue weighted by atomic mass is 10.2. The second kappa shape index (κ2) is 9.15. The third-order valence-electron chi connectivity index (χ3n) is 3.10. The van der Waals surface area contributed by atoms with Crippen molar-refractivity contribution in [2.24, 2.45) is 0 Å². The number of nitrogens with zero attached hydrogens (tertiary/aromatic N) is 2. The summed E-state index contributed by atoms with van der Waals surface area (Å²) in [5, 5.41) is 3.29. The Morgan fingerprint density at radius 3 is 2.65 bits per heavy atom. The Morgan fingerprint density at radius 2 is 1.96 bits per heavy atom. The van der Waals surface area contributed by atoms with Crippen LogP contribution in [0.4, 0.5) is 0 Å². The van der Waals surface area contributed by atoms with Crippen molar-refractivity contribution in [1.29, 1.82) is 0 Å². The fraction of sp³-hybridized carbons (Fsp3) is 0.353. The van der Waals surface area contributed by atoms with Crippen molar-refractivity contribution in [3.63, 3.8) is 0 Å². The molecule has 122 valence electrons. The van der Waals surface area contributed by atoms with Gasteiger partial charge in [-0.15, -0.1) is 0 Å². The van der Waals surface area contributed by atoms with Crippen molar-refractivity contribution >= 4 is 17.7 Å². The fourth-order valence-electron chi connectivity index (χ4n) is 1.81. The Bertz CT molecular complexity index is 605. The molecular formula is C17H21N3O2S. The number of benzene rings is 1. The zero-order chi connectivity index (χ0) is 16.5. The van der Waals surface area contributed by atoms with Crippen LogP contribution in [0.25, 0.3) is 0 Å². The smallest absolute Gasteiger partial charge is 0.233 e. The van der Waals surface area contributed by atoms with Crippen molar-refractivity contribution < 1.29 is 9.53 Å². The summed E-state index contributed by atoms with van der Waals surface area (Å²) in [7, 11) is 0. The normalized spacial score (nSPS) is 11.7. The highest BCUT2D eigenvalue weighted by molar-refractivity contribution is 8.00. The van der Waals surface area contributed by atoms with Crippen LogP contribution in [0.1, 0.15) is 18.9 Å². The zero-order valence-corrected chi connectivity index (χ0v) is 14.2. The van der Waals surface area contributed by atoms with Crippen molar-refractivity contribution in [2.75, 3.05) is 13.2 Å². The number of carbonyl (C=O) groups is 1. The number of aromatic nitrogens is 2. The molecule has 1 atom stereocenters. The third kappa shape index (κ3) is 6.28. The van der Waals surface area contributed by atoms with Gasteiger partial charge in [0.1, 0.15) is 5.75 Å². The van der Waals surface area contributed by atoms with E-state index in [2.05, 4.69) is 15.3 Å². The lowest BCUT2D eigenvalue weighted by molar-refractivity contribution is -0.120. The molecule has 1 amide bonds. The maximum atomic E-state index is 12.0. The van der Waals surface area contributed by atoms with E-state index < -0.39 is 0 Å². The number of amides is 1. The first-order valence-corrected chi connectivity index (χ1v) is 8.44. The first kappa shape index (κ1) is 17.3. The largest absolute Gasteiger partial charge is 0.494 e. The van der Waals surface area contributed by atoms with Crippen LogP contribution in [-0.4, -0.2) is 34.3 Å². The lowest BCUT2D eigenvalue weighted by Gasteiger charge is -2.11. The summed E-state index contributed by atoms with van der Waals surface area (Å²) in [5.74, 6) is 0.838. The Hall–Kier alpha value is -2.08. The van der Waals surface area contributed by atoms with Crippen LogP contribution in [0, 0.1) is 6.92 Å². The minimum Gasteiger partial charge on any atom is -0.494 e. The highest BCUT2D eigenvalue weighted by atomic mass is 32.2. The van der Waals surface area contributed by atoms with Gasteiger partial charge < -0.3 is 10.1 Å². The molecule has 23 heavy (non-hydrogen) atoms. The van der Waals surface area contributed by atoms with Gasteiger partial charge in [-0.05, 0) is 38.5 Å². The predicted molar refractivity (Wildman–Crippen MR) is 91.7 cm³/mol. The van der Waals surface area contributed by atoms with Crippen LogP contribution < -0.4 is 10.1 Å². The monoisotopic (exact) mass is 331 g/mol. The molecule has 1 aromatic carbocycles. The Balaban J connectivity index is 1.61. The molecule has 2 aromatic rings. The summed E-state index contributed by atoms with van der Waals surface area (Å²) in [6.45, 7) is 5.05. The van der Waals surface area contributed by atoms with Crippen LogP contribution in [0.2, 0.25) is 0 Å². The first-order chi connectivity index (χ1) is 11.1. The van der Waals surface area contributed by atoms with E-state index in [0.717, 1.165) is 12.2 Å². The summed E-state index contributed by atoms with van der Waals surface area (Å²) in [6, 6.07) is 9.69. The summed E-state index contributed by atoms with van der Waals surface area (Å²) in [6.07, 6.45) is 4.10. The molecule has 5 nitrogen and oxygen atoms in total. The van der Waals surface area contributed by atoms with E-state index in [1.54, 1.807) is 18.5 Å². The molecule has 1 heterocycles. The molecule has 0 aliphatic rings. The van der Waals surface area contributed by atoms with Gasteiger partial charge in [0.15, 0.2) is 5.16 Å². The summed E-state index contributed by atoms with van der Waals surface area (Å²) < 4.78 is 5.62. The van der Waals surface area contributed by atoms with Gasteiger partial charge in [0, 0.05) is 18.9 Å². The number of aryl methyl sites for hydroxylation is 1. The minimum absolute atomic E-state index is 0.0159. The highest BCUT2D eigenvalue weighted by Crippen LogP contribution is 2.18. The molecule has 0 aliphatic heterocycles. The molecule has 0 radical (unpaired) electrons. The molecule has 2 rings (SSSR count). The molecule has 1 aromatic heterocycles. The Kier molecular flexibility index (Phi) is 6.87. The predicted octanol–water partition coefficient (Wildman–Crippen LogP) is 2.85. The Morgan fingerprint density at radius 1 is 1.26 bits per heavy atom. The highest BCUT2D eigenvalue weighted by Gasteiger charge is 2.14. The molecule has 0 saturated carbocycles. The fourth-order valence-corrected chi connectivity index (χ4v) is 2.56. The molecule has 0 fully saturated rings. The van der Waals surface area contributed by atoms with Crippen molar-refractivity contribution in [2.45, 2.75) is 30.7 Å². The van der Waals surface area contributed by atoms with Crippen molar-refractivity contribution in [3.8, 4) is 5.75 Å². The molecule has 0 bridgehead atoms. The van der Waals surface area contributed by atoms with Gasteiger partial charge in [0.2, 0.25) is 5.91 Å². The van der Waals surface area contributed by atoms with Gasteiger partial charge in [-0.25, -0.2) is 9.97 Å². The lowest BCUT2D eigenvalue weighted by Crippen LogP contribution is -2.32. The standard InChI is InChI=1S/C17H21N3O2S/c1-13-5-7-15(8-6-13)22-12-4-11-18-16(21)14(2)23-17-19-9-3-10-20-17/h3,5-10,14H,4,11-12H2,1-2H3,(H,18,21). The van der Waals surface area contributed by atoms with Gasteiger partial charge in [0.05, 0.1) is 11.9 Å². The molecule has 0 aliphatic carbocycles. The maximum Gasteiger partial charge on any atom is 0.233 e. The average molecular weight is 331 g/mol. The van der Waals surface area contributed by atoms with Gasteiger partial charge in [-0.1, -0.05) is 29.5 Å². The molecule has 0 saturated heterocycles. The second-order valence-corrected chi connectivity index (χ2v) is 6.41. The number of carbonyl (C=O) groups excluding carboxylic acids is 1.